The second-order valence-corrected chi connectivity index (χ2v) is 6.70. The summed E-state index contributed by atoms with van der Waals surface area (Å²) < 4.78 is 0. The lowest BCUT2D eigenvalue weighted by atomic mass is 10.1. The summed E-state index contributed by atoms with van der Waals surface area (Å²) in [7, 11) is 0. The third-order valence-electron chi connectivity index (χ3n) is 3.26. The predicted octanol–water partition coefficient (Wildman–Crippen LogP) is 4.92. The highest BCUT2D eigenvalue weighted by Crippen LogP contribution is 2.27. The number of anilines is 1. The molecule has 2 aromatic rings. The minimum atomic E-state index is -0.171. The zero-order valence-electron chi connectivity index (χ0n) is 12.8. The maximum atomic E-state index is 12.4. The van der Waals surface area contributed by atoms with Crippen LogP contribution in [0, 0.1) is 11.3 Å². The summed E-state index contributed by atoms with van der Waals surface area (Å²) in [5.74, 6) is -0.0273. The van der Waals surface area contributed by atoms with Crippen molar-refractivity contribution in [3.8, 4) is 6.07 Å². The Morgan fingerprint density at radius 3 is 2.43 bits per heavy atom. The highest BCUT2D eigenvalue weighted by molar-refractivity contribution is 8.00. The Balaban J connectivity index is 1.99. The molecule has 1 amide bonds. The van der Waals surface area contributed by atoms with E-state index >= 15 is 0 Å². The molecule has 0 aliphatic carbocycles. The Labute approximate surface area is 145 Å². The summed E-state index contributed by atoms with van der Waals surface area (Å²) in [5.41, 5.74) is 1.68. The quantitative estimate of drug-likeness (QED) is 0.757. The normalized spacial score (nSPS) is 11.5. The van der Waals surface area contributed by atoms with E-state index in [1.807, 2.05) is 55.5 Å². The minimum Gasteiger partial charge on any atom is -0.325 e. The number of nitrogens with one attached hydrogen (secondary N) is 1. The first-order valence-corrected chi connectivity index (χ1v) is 8.57. The largest absolute Gasteiger partial charge is 0.325 e. The van der Waals surface area contributed by atoms with Crippen molar-refractivity contribution >= 4 is 35.0 Å². The molecule has 1 atom stereocenters. The Kier molecular flexibility index (Phi) is 6.52. The monoisotopic (exact) mass is 344 g/mol. The van der Waals surface area contributed by atoms with E-state index in [1.165, 1.54) is 11.8 Å². The van der Waals surface area contributed by atoms with Crippen LogP contribution in [0.25, 0.3) is 0 Å². The summed E-state index contributed by atoms with van der Waals surface area (Å²) in [6, 6.07) is 16.9. The lowest BCUT2D eigenvalue weighted by Gasteiger charge is -2.15. The van der Waals surface area contributed by atoms with Crippen molar-refractivity contribution in [2.75, 3.05) is 5.32 Å². The lowest BCUT2D eigenvalue weighted by Crippen LogP contribution is -2.24. The molecule has 0 radical (unpaired) electrons. The molecule has 0 aromatic heterocycles. The fourth-order valence-electron chi connectivity index (χ4n) is 2.02. The number of thioether (sulfide) groups is 1. The number of nitriles is 1. The van der Waals surface area contributed by atoms with Crippen LogP contribution in [0.1, 0.15) is 18.9 Å². The van der Waals surface area contributed by atoms with E-state index in [1.54, 1.807) is 0 Å². The molecular formula is C18H17ClN2OS. The van der Waals surface area contributed by atoms with Crippen LogP contribution in [-0.4, -0.2) is 11.2 Å². The Morgan fingerprint density at radius 1 is 1.22 bits per heavy atom. The number of benzene rings is 2. The van der Waals surface area contributed by atoms with Gasteiger partial charge in [0.05, 0.1) is 17.7 Å². The number of halogens is 1. The first kappa shape index (κ1) is 17.4. The number of nitrogens with zero attached hydrogens (tertiary/aromatic N) is 1. The fourth-order valence-corrected chi connectivity index (χ4v) is 3.10. The zero-order chi connectivity index (χ0) is 16.7. The molecule has 2 aromatic carbocycles. The van der Waals surface area contributed by atoms with Gasteiger partial charge in [-0.2, -0.15) is 5.26 Å². The molecule has 0 heterocycles. The van der Waals surface area contributed by atoms with Crippen LogP contribution in [0.15, 0.2) is 53.4 Å². The van der Waals surface area contributed by atoms with E-state index in [0.29, 0.717) is 11.4 Å². The van der Waals surface area contributed by atoms with Crippen LogP contribution < -0.4 is 5.32 Å². The SMILES string of the molecule is CCC(Sc1ccc(Cl)cc1)C(=O)Nc1ccc(CC#N)cc1. The molecule has 0 bridgehead atoms. The molecule has 1 N–H and O–H groups in total. The highest BCUT2D eigenvalue weighted by Gasteiger charge is 2.18. The van der Waals surface area contributed by atoms with Gasteiger partial charge < -0.3 is 5.32 Å². The molecule has 3 nitrogen and oxygen atoms in total. The topological polar surface area (TPSA) is 52.9 Å². The zero-order valence-corrected chi connectivity index (χ0v) is 14.3. The number of hydrogen-bond acceptors (Lipinski definition) is 3. The van der Waals surface area contributed by atoms with Gasteiger partial charge in [-0.05, 0) is 48.4 Å². The molecule has 0 aliphatic heterocycles. The molecule has 0 spiro atoms. The summed E-state index contributed by atoms with van der Waals surface area (Å²) in [5, 5.41) is 12.1. The second kappa shape index (κ2) is 8.61. The Morgan fingerprint density at radius 2 is 1.87 bits per heavy atom. The molecular weight excluding hydrogens is 328 g/mol. The first-order chi connectivity index (χ1) is 11.1. The predicted molar refractivity (Wildman–Crippen MR) is 95.8 cm³/mol. The van der Waals surface area contributed by atoms with Crippen molar-refractivity contribution in [2.45, 2.75) is 29.9 Å². The second-order valence-electron chi connectivity index (χ2n) is 4.99. The van der Waals surface area contributed by atoms with Crippen LogP contribution in [0.2, 0.25) is 5.02 Å². The smallest absolute Gasteiger partial charge is 0.237 e. The Bertz CT molecular complexity index is 692. The third-order valence-corrected chi connectivity index (χ3v) is 4.89. The van der Waals surface area contributed by atoms with E-state index in [-0.39, 0.29) is 11.2 Å². The minimum absolute atomic E-state index is 0.0273. The molecule has 0 fully saturated rings. The van der Waals surface area contributed by atoms with Gasteiger partial charge in [0.1, 0.15) is 0 Å². The molecule has 118 valence electrons. The van der Waals surface area contributed by atoms with Crippen LogP contribution >= 0.6 is 23.4 Å². The lowest BCUT2D eigenvalue weighted by molar-refractivity contribution is -0.115. The number of carbonyl (C=O) groups is 1. The van der Waals surface area contributed by atoms with Crippen molar-refractivity contribution in [3.05, 3.63) is 59.1 Å². The molecule has 0 saturated heterocycles. The van der Waals surface area contributed by atoms with Crippen LogP contribution in [0.4, 0.5) is 5.69 Å². The maximum absolute atomic E-state index is 12.4. The number of hydrogen-bond donors (Lipinski definition) is 1. The number of rotatable bonds is 6. The van der Waals surface area contributed by atoms with E-state index in [9.17, 15) is 4.79 Å². The maximum Gasteiger partial charge on any atom is 0.237 e. The van der Waals surface area contributed by atoms with Gasteiger partial charge in [-0.25, -0.2) is 0 Å². The van der Waals surface area contributed by atoms with Crippen molar-refractivity contribution in [1.82, 2.24) is 0 Å². The molecule has 23 heavy (non-hydrogen) atoms. The van der Waals surface area contributed by atoms with Gasteiger partial charge in [-0.1, -0.05) is 30.7 Å². The standard InChI is InChI=1S/C18H17ClN2OS/c1-2-17(23-16-9-5-14(19)6-10-16)18(22)21-15-7-3-13(4-8-15)11-12-20/h3-10,17H,2,11H2,1H3,(H,21,22). The first-order valence-electron chi connectivity index (χ1n) is 7.31. The average molecular weight is 345 g/mol. The van der Waals surface area contributed by atoms with Crippen LogP contribution in [0.5, 0.6) is 0 Å². The van der Waals surface area contributed by atoms with Crippen molar-refractivity contribution < 1.29 is 4.79 Å². The molecule has 1 unspecified atom stereocenters. The van der Waals surface area contributed by atoms with Gasteiger partial charge in [0.15, 0.2) is 0 Å². The summed E-state index contributed by atoms with van der Waals surface area (Å²) in [6.45, 7) is 1.99. The van der Waals surface area contributed by atoms with Gasteiger partial charge in [0.2, 0.25) is 5.91 Å². The van der Waals surface area contributed by atoms with E-state index in [4.69, 9.17) is 16.9 Å². The number of carbonyl (C=O) groups excluding carboxylic acids is 1. The van der Waals surface area contributed by atoms with Gasteiger partial charge in [-0.15, -0.1) is 11.8 Å². The van der Waals surface area contributed by atoms with Crippen molar-refractivity contribution in [3.63, 3.8) is 0 Å². The van der Waals surface area contributed by atoms with Gasteiger partial charge in [0, 0.05) is 15.6 Å². The average Bonchev–Trinajstić information content (AvgIpc) is 2.56. The van der Waals surface area contributed by atoms with Gasteiger partial charge in [-0.3, -0.25) is 4.79 Å². The number of amides is 1. The summed E-state index contributed by atoms with van der Waals surface area (Å²) in [6.07, 6.45) is 1.10. The summed E-state index contributed by atoms with van der Waals surface area (Å²) in [4.78, 5) is 13.4. The Hall–Kier alpha value is -1.96. The molecule has 0 saturated carbocycles. The van der Waals surface area contributed by atoms with Crippen molar-refractivity contribution in [2.24, 2.45) is 0 Å². The van der Waals surface area contributed by atoms with E-state index in [0.717, 1.165) is 22.6 Å². The van der Waals surface area contributed by atoms with Gasteiger partial charge in [0.25, 0.3) is 0 Å². The highest BCUT2D eigenvalue weighted by atomic mass is 35.5. The summed E-state index contributed by atoms with van der Waals surface area (Å²) >= 11 is 7.40. The molecule has 2 rings (SSSR count). The molecule has 0 aliphatic rings. The fraction of sp³-hybridized carbons (Fsp3) is 0.222. The van der Waals surface area contributed by atoms with Crippen LogP contribution in [0.3, 0.4) is 0 Å². The van der Waals surface area contributed by atoms with Gasteiger partial charge >= 0.3 is 0 Å². The third kappa shape index (κ3) is 5.31. The van der Waals surface area contributed by atoms with Crippen molar-refractivity contribution in [1.29, 1.82) is 5.26 Å². The van der Waals surface area contributed by atoms with E-state index < -0.39 is 0 Å². The molecule has 5 heteroatoms. The van der Waals surface area contributed by atoms with Crippen LogP contribution in [-0.2, 0) is 11.2 Å². The van der Waals surface area contributed by atoms with E-state index in [2.05, 4.69) is 11.4 Å².